The molecule has 12 nitrogen and oxygen atoms in total. The van der Waals surface area contributed by atoms with Crippen LogP contribution in [-0.2, 0) is 25.7 Å². The lowest BCUT2D eigenvalue weighted by Crippen LogP contribution is -2.45. The van der Waals surface area contributed by atoms with E-state index in [1.165, 1.54) is 36.4 Å². The Morgan fingerprint density at radius 1 is 1.04 bits per heavy atom. The zero-order chi connectivity index (χ0) is 34.5. The van der Waals surface area contributed by atoms with Crippen molar-refractivity contribution in [2.24, 2.45) is 17.3 Å². The van der Waals surface area contributed by atoms with Crippen molar-refractivity contribution in [3.05, 3.63) is 64.3 Å². The molecule has 4 unspecified atom stereocenters. The average Bonchev–Trinajstić information content (AvgIpc) is 3.50. The van der Waals surface area contributed by atoms with E-state index in [9.17, 15) is 28.8 Å². The Bertz CT molecular complexity index is 1720. The van der Waals surface area contributed by atoms with Crippen LogP contribution < -0.4 is 26.8 Å². The van der Waals surface area contributed by atoms with Crippen LogP contribution in [0.15, 0.2) is 51.8 Å². The first kappa shape index (κ1) is 35.1. The zero-order valence-electron chi connectivity index (χ0n) is 27.9. The number of pyridine rings is 1. The minimum absolute atomic E-state index is 0.00468. The van der Waals surface area contributed by atoms with Gasteiger partial charge in [-0.15, -0.1) is 0 Å². The van der Waals surface area contributed by atoms with E-state index in [4.69, 9.17) is 4.42 Å². The van der Waals surface area contributed by atoms with Gasteiger partial charge < -0.3 is 30.3 Å². The van der Waals surface area contributed by atoms with Gasteiger partial charge >= 0.3 is 0 Å². The summed E-state index contributed by atoms with van der Waals surface area (Å²) >= 11 is 0. The molecule has 1 fully saturated rings. The first-order valence-electron chi connectivity index (χ1n) is 16.1. The summed E-state index contributed by atoms with van der Waals surface area (Å²) < 4.78 is 6.92. The Morgan fingerprint density at radius 2 is 1.77 bits per heavy atom. The number of ketones is 1. The molecule has 0 spiro atoms. The third kappa shape index (κ3) is 8.16. The number of benzene rings is 1. The fraction of sp³-hybridized carbons (Fsp3) is 0.486. The molecule has 12 heteroatoms. The summed E-state index contributed by atoms with van der Waals surface area (Å²) in [5, 5.41) is 11.1. The van der Waals surface area contributed by atoms with Crippen LogP contribution in [0.25, 0.3) is 11.0 Å². The van der Waals surface area contributed by atoms with Gasteiger partial charge in [0.15, 0.2) is 5.76 Å². The lowest BCUT2D eigenvalue weighted by atomic mass is 9.74. The monoisotopic (exact) mass is 647 g/mol. The highest BCUT2D eigenvalue weighted by atomic mass is 16.3. The minimum Gasteiger partial charge on any atom is -0.451 e. The first-order valence-corrected chi connectivity index (χ1v) is 16.1. The van der Waals surface area contributed by atoms with E-state index in [2.05, 4.69) is 42.0 Å². The summed E-state index contributed by atoms with van der Waals surface area (Å²) in [4.78, 5) is 77.0. The predicted octanol–water partition coefficient (Wildman–Crippen LogP) is 3.70. The van der Waals surface area contributed by atoms with Crippen molar-refractivity contribution in [1.82, 2.24) is 20.5 Å². The van der Waals surface area contributed by atoms with Crippen molar-refractivity contribution in [2.45, 2.75) is 85.4 Å². The van der Waals surface area contributed by atoms with Crippen molar-refractivity contribution < 1.29 is 28.4 Å². The number of carbonyl (C=O) groups excluding carboxylic acids is 5. The minimum atomic E-state index is -1.30. The normalized spacial score (nSPS) is 18.3. The number of hydrogen-bond donors (Lipinski definition) is 4. The highest BCUT2D eigenvalue weighted by molar-refractivity contribution is 6.36. The number of para-hydroxylation sites is 1. The second kappa shape index (κ2) is 14.8. The van der Waals surface area contributed by atoms with Gasteiger partial charge in [0.1, 0.15) is 23.9 Å². The number of rotatable bonds is 13. The van der Waals surface area contributed by atoms with E-state index in [0.29, 0.717) is 23.0 Å². The second-order valence-corrected chi connectivity index (χ2v) is 13.2. The SMILES string of the molecule is CNC(=O)C(=O)CCC(NC(=O)c1oc2ccccc2c1C)C(=O)Nc1cccn(CC(=O)NC(C)CC2CCC(C)C2(C)C)c1=O. The predicted molar refractivity (Wildman–Crippen MR) is 178 cm³/mol. The summed E-state index contributed by atoms with van der Waals surface area (Å²) in [5.41, 5.74) is 0.524. The number of likely N-dealkylation sites (N-methyl/N-ethyl adjacent to an activating group) is 1. The summed E-state index contributed by atoms with van der Waals surface area (Å²) in [7, 11) is 1.31. The van der Waals surface area contributed by atoms with E-state index >= 15 is 0 Å². The second-order valence-electron chi connectivity index (χ2n) is 13.2. The van der Waals surface area contributed by atoms with E-state index in [-0.39, 0.29) is 48.2 Å². The average molecular weight is 648 g/mol. The van der Waals surface area contributed by atoms with Crippen LogP contribution in [0.1, 0.15) is 75.9 Å². The lowest BCUT2D eigenvalue weighted by molar-refractivity contribution is -0.137. The van der Waals surface area contributed by atoms with Gasteiger partial charge in [0, 0.05) is 36.7 Å². The summed E-state index contributed by atoms with van der Waals surface area (Å²) in [5.74, 6) is -2.30. The number of aryl methyl sites for hydroxylation is 1. The molecular formula is C35H45N5O7. The number of aromatic nitrogens is 1. The fourth-order valence-corrected chi connectivity index (χ4v) is 6.37. The van der Waals surface area contributed by atoms with Gasteiger partial charge in [0.2, 0.25) is 17.6 Å². The van der Waals surface area contributed by atoms with Crippen LogP contribution in [0.4, 0.5) is 5.69 Å². The first-order chi connectivity index (χ1) is 22.2. The van der Waals surface area contributed by atoms with Crippen molar-refractivity contribution in [2.75, 3.05) is 12.4 Å². The topological polar surface area (TPSA) is 169 Å². The molecule has 0 saturated heterocycles. The molecular weight excluding hydrogens is 602 g/mol. The van der Waals surface area contributed by atoms with Gasteiger partial charge in [-0.1, -0.05) is 39.0 Å². The molecule has 0 bridgehead atoms. The number of nitrogens with zero attached hydrogens (tertiary/aromatic N) is 1. The molecule has 0 aliphatic heterocycles. The number of hydrogen-bond acceptors (Lipinski definition) is 7. The largest absolute Gasteiger partial charge is 0.451 e. The van der Waals surface area contributed by atoms with Crippen molar-refractivity contribution in [3.63, 3.8) is 0 Å². The molecule has 47 heavy (non-hydrogen) atoms. The third-order valence-electron chi connectivity index (χ3n) is 9.72. The van der Waals surface area contributed by atoms with Gasteiger partial charge in [-0.3, -0.25) is 28.8 Å². The van der Waals surface area contributed by atoms with E-state index < -0.39 is 35.1 Å². The standard InChI is InChI=1S/C35H45N5O7/c1-20-13-14-23(35(20,4)5)18-21(2)37-29(42)19-40-17-9-11-26(34(40)46)39-31(43)25(15-16-27(41)32(44)36-6)38-33(45)30-22(3)24-10-7-8-12-28(24)47-30/h7-12,17,20-21,23,25H,13-16,18-19H2,1-6H3,(H,36,44)(H,37,42)(H,38,45)(H,39,43). The zero-order valence-corrected chi connectivity index (χ0v) is 27.9. The number of amides is 4. The Balaban J connectivity index is 1.45. The molecule has 1 saturated carbocycles. The Hall–Kier alpha value is -4.74. The van der Waals surface area contributed by atoms with Crippen molar-refractivity contribution >= 4 is 46.1 Å². The number of nitrogens with one attached hydrogen (secondary N) is 4. The van der Waals surface area contributed by atoms with Crippen LogP contribution in [0.2, 0.25) is 0 Å². The summed E-state index contributed by atoms with van der Waals surface area (Å²) in [6.45, 7) is 10.3. The summed E-state index contributed by atoms with van der Waals surface area (Å²) in [6, 6.07) is 8.62. The molecule has 3 aromatic rings. The molecule has 4 atom stereocenters. The van der Waals surface area contributed by atoms with Crippen LogP contribution in [-0.4, -0.2) is 53.1 Å². The molecule has 1 aliphatic carbocycles. The van der Waals surface area contributed by atoms with Crippen LogP contribution >= 0.6 is 0 Å². The van der Waals surface area contributed by atoms with Crippen LogP contribution in [0.3, 0.4) is 0 Å². The highest BCUT2D eigenvalue weighted by Gasteiger charge is 2.40. The Morgan fingerprint density at radius 3 is 2.43 bits per heavy atom. The molecule has 4 rings (SSSR count). The molecule has 4 N–H and O–H groups in total. The van der Waals surface area contributed by atoms with Gasteiger partial charge in [-0.25, -0.2) is 0 Å². The number of Topliss-reactive ketones (excluding diaryl/α,β-unsaturated/α-hetero) is 1. The quantitative estimate of drug-likeness (QED) is 0.205. The van der Waals surface area contributed by atoms with Gasteiger partial charge in [-0.2, -0.15) is 0 Å². The number of anilines is 1. The number of furan rings is 1. The molecule has 4 amide bonds. The number of carbonyl (C=O) groups is 5. The van der Waals surface area contributed by atoms with Crippen LogP contribution in [0.5, 0.6) is 0 Å². The maximum absolute atomic E-state index is 13.5. The van der Waals surface area contributed by atoms with Crippen molar-refractivity contribution in [3.8, 4) is 0 Å². The van der Waals surface area contributed by atoms with E-state index in [0.717, 1.165) is 18.2 Å². The molecule has 252 valence electrons. The van der Waals surface area contributed by atoms with Crippen molar-refractivity contribution in [1.29, 1.82) is 0 Å². The van der Waals surface area contributed by atoms with Gasteiger partial charge in [0.25, 0.3) is 17.4 Å². The van der Waals surface area contributed by atoms with E-state index in [1.807, 2.05) is 13.0 Å². The molecule has 1 aliphatic rings. The molecule has 2 heterocycles. The lowest BCUT2D eigenvalue weighted by Gasteiger charge is -2.33. The third-order valence-corrected chi connectivity index (χ3v) is 9.72. The van der Waals surface area contributed by atoms with Gasteiger partial charge in [0.05, 0.1) is 0 Å². The molecule has 0 radical (unpaired) electrons. The highest BCUT2D eigenvalue weighted by Crippen LogP contribution is 2.48. The smallest absolute Gasteiger partial charge is 0.287 e. The maximum Gasteiger partial charge on any atom is 0.287 e. The Labute approximate surface area is 274 Å². The summed E-state index contributed by atoms with van der Waals surface area (Å²) in [6.07, 6.45) is 4.02. The molecule has 1 aromatic carbocycles. The Kier molecular flexibility index (Phi) is 11.0. The van der Waals surface area contributed by atoms with Gasteiger partial charge in [-0.05, 0) is 75.0 Å². The van der Waals surface area contributed by atoms with Crippen LogP contribution in [0, 0.1) is 24.2 Å². The maximum atomic E-state index is 13.5. The fourth-order valence-electron chi connectivity index (χ4n) is 6.37. The number of fused-ring (bicyclic) bond motifs is 1. The molecule has 2 aromatic heterocycles. The van der Waals surface area contributed by atoms with E-state index in [1.54, 1.807) is 25.1 Å².